The molecule has 0 saturated carbocycles. The number of carbonyl (C=O) groups excluding carboxylic acids is 1. The Morgan fingerprint density at radius 1 is 1.43 bits per heavy atom. The first kappa shape index (κ1) is 10.7. The molecule has 0 spiro atoms. The first-order chi connectivity index (χ1) is 6.59. The first-order valence-corrected chi connectivity index (χ1v) is 4.54. The summed E-state index contributed by atoms with van der Waals surface area (Å²) in [5, 5.41) is 19.7. The summed E-state index contributed by atoms with van der Waals surface area (Å²) in [5.74, 6) is -1.13. The van der Waals surface area contributed by atoms with Crippen LogP contribution in [0.3, 0.4) is 0 Å². The van der Waals surface area contributed by atoms with E-state index in [1.54, 1.807) is 12.1 Å². The lowest BCUT2D eigenvalue weighted by Gasteiger charge is -2.11. The zero-order valence-corrected chi connectivity index (χ0v) is 8.06. The van der Waals surface area contributed by atoms with E-state index in [1.807, 2.05) is 19.1 Å². The van der Waals surface area contributed by atoms with Crippen molar-refractivity contribution in [2.45, 2.75) is 25.9 Å². The van der Waals surface area contributed by atoms with E-state index >= 15 is 0 Å². The molecule has 14 heavy (non-hydrogen) atoms. The monoisotopic (exact) mass is 193 g/mol. The third-order valence-corrected chi connectivity index (χ3v) is 2.08. The van der Waals surface area contributed by atoms with Crippen LogP contribution in [0, 0.1) is 6.92 Å². The number of aliphatic hydroxyl groups is 1. The van der Waals surface area contributed by atoms with Crippen molar-refractivity contribution in [1.82, 2.24) is 0 Å². The Hall–Kier alpha value is -1.35. The molecule has 0 fully saturated rings. The van der Waals surface area contributed by atoms with Gasteiger partial charge in [0, 0.05) is 5.97 Å². The Morgan fingerprint density at radius 2 is 2.00 bits per heavy atom. The summed E-state index contributed by atoms with van der Waals surface area (Å²) in [5.41, 5.74) is 1.86. The highest BCUT2D eigenvalue weighted by atomic mass is 16.4. The van der Waals surface area contributed by atoms with Gasteiger partial charge in [0.2, 0.25) is 0 Å². The Labute approximate surface area is 83.0 Å². The van der Waals surface area contributed by atoms with E-state index in [9.17, 15) is 15.0 Å². The van der Waals surface area contributed by atoms with Crippen LogP contribution in [0.15, 0.2) is 24.3 Å². The van der Waals surface area contributed by atoms with Crippen molar-refractivity contribution in [2.75, 3.05) is 0 Å². The number of carbonyl (C=O) groups is 1. The van der Waals surface area contributed by atoms with Crippen LogP contribution in [0.1, 0.15) is 30.1 Å². The van der Waals surface area contributed by atoms with Crippen LogP contribution < -0.4 is 5.11 Å². The maximum atomic E-state index is 10.2. The van der Waals surface area contributed by atoms with Crippen molar-refractivity contribution in [3.05, 3.63) is 35.4 Å². The molecule has 0 aliphatic heterocycles. The first-order valence-electron chi connectivity index (χ1n) is 4.54. The summed E-state index contributed by atoms with van der Waals surface area (Å²) in [6.45, 7) is 1.96. The topological polar surface area (TPSA) is 60.4 Å². The van der Waals surface area contributed by atoms with Gasteiger partial charge in [0.25, 0.3) is 0 Å². The molecular weight excluding hydrogens is 180 g/mol. The number of aliphatic carboxylic acids is 1. The van der Waals surface area contributed by atoms with Gasteiger partial charge in [-0.2, -0.15) is 0 Å². The summed E-state index contributed by atoms with van der Waals surface area (Å²) in [7, 11) is 0. The highest BCUT2D eigenvalue weighted by molar-refractivity contribution is 5.64. The fraction of sp³-hybridized carbons (Fsp3) is 0.364. The number of carboxylic acid groups (broad SMARTS) is 1. The molecule has 0 radical (unpaired) electrons. The Morgan fingerprint density at radius 3 is 2.50 bits per heavy atom. The molecule has 3 heteroatoms. The molecule has 0 heterocycles. The molecule has 0 aromatic heterocycles. The molecule has 1 rings (SSSR count). The van der Waals surface area contributed by atoms with E-state index in [0.717, 1.165) is 11.1 Å². The number of aryl methyl sites for hydroxylation is 1. The largest absolute Gasteiger partial charge is 0.550 e. The average Bonchev–Trinajstić information content (AvgIpc) is 2.15. The van der Waals surface area contributed by atoms with E-state index in [0.29, 0.717) is 0 Å². The van der Waals surface area contributed by atoms with E-state index in [1.165, 1.54) is 0 Å². The average molecular weight is 193 g/mol. The number of rotatable bonds is 4. The zero-order chi connectivity index (χ0) is 10.6. The Balaban J connectivity index is 2.56. The van der Waals surface area contributed by atoms with Gasteiger partial charge in [-0.1, -0.05) is 29.8 Å². The number of hydrogen-bond acceptors (Lipinski definition) is 3. The maximum absolute atomic E-state index is 10.2. The molecule has 0 aliphatic carbocycles. The van der Waals surface area contributed by atoms with Gasteiger partial charge in [-0.15, -0.1) is 0 Å². The normalized spacial score (nSPS) is 12.4. The Bertz CT molecular complexity index is 303. The highest BCUT2D eigenvalue weighted by Gasteiger charge is 2.06. The van der Waals surface area contributed by atoms with Crippen LogP contribution in [0.5, 0.6) is 0 Å². The molecule has 1 N–H and O–H groups in total. The second kappa shape index (κ2) is 4.77. The number of carboxylic acids is 1. The van der Waals surface area contributed by atoms with Crippen LogP contribution in [-0.4, -0.2) is 11.1 Å². The fourth-order valence-electron chi connectivity index (χ4n) is 1.21. The van der Waals surface area contributed by atoms with E-state index in [2.05, 4.69) is 0 Å². The number of hydrogen-bond donors (Lipinski definition) is 1. The van der Waals surface area contributed by atoms with Crippen molar-refractivity contribution in [3.8, 4) is 0 Å². The molecule has 0 aliphatic rings. The molecule has 0 amide bonds. The third kappa shape index (κ3) is 3.18. The van der Waals surface area contributed by atoms with Crippen LogP contribution in [0.4, 0.5) is 0 Å². The van der Waals surface area contributed by atoms with Gasteiger partial charge in [-0.3, -0.25) is 0 Å². The van der Waals surface area contributed by atoms with Gasteiger partial charge in [-0.25, -0.2) is 0 Å². The second-order valence-corrected chi connectivity index (χ2v) is 3.34. The minimum atomic E-state index is -1.13. The van der Waals surface area contributed by atoms with Crippen molar-refractivity contribution in [3.63, 3.8) is 0 Å². The van der Waals surface area contributed by atoms with Crippen molar-refractivity contribution in [2.24, 2.45) is 0 Å². The second-order valence-electron chi connectivity index (χ2n) is 3.34. The summed E-state index contributed by atoms with van der Waals surface area (Å²) in [6.07, 6.45) is -0.631. The van der Waals surface area contributed by atoms with Gasteiger partial charge in [0.15, 0.2) is 0 Å². The Kier molecular flexibility index (Phi) is 3.65. The quantitative estimate of drug-likeness (QED) is 0.760. The minimum absolute atomic E-state index is 0.116. The van der Waals surface area contributed by atoms with E-state index in [4.69, 9.17) is 0 Å². The van der Waals surface area contributed by atoms with Gasteiger partial charge >= 0.3 is 0 Å². The minimum Gasteiger partial charge on any atom is -0.550 e. The predicted molar refractivity (Wildman–Crippen MR) is 50.4 cm³/mol. The molecule has 1 atom stereocenters. The molecule has 3 nitrogen and oxygen atoms in total. The molecule has 1 aromatic rings. The number of aliphatic hydroxyl groups excluding tert-OH is 1. The molecule has 0 saturated heterocycles. The van der Waals surface area contributed by atoms with Gasteiger partial charge in [-0.05, 0) is 25.3 Å². The van der Waals surface area contributed by atoms with Gasteiger partial charge in [0.1, 0.15) is 0 Å². The summed E-state index contributed by atoms with van der Waals surface area (Å²) < 4.78 is 0. The SMILES string of the molecule is Cc1ccc([C@H](O)CCC(=O)[O-])cc1. The lowest BCUT2D eigenvalue weighted by atomic mass is 10.0. The van der Waals surface area contributed by atoms with Crippen molar-refractivity contribution in [1.29, 1.82) is 0 Å². The van der Waals surface area contributed by atoms with E-state index in [-0.39, 0.29) is 12.8 Å². The van der Waals surface area contributed by atoms with Gasteiger partial charge in [0.05, 0.1) is 6.10 Å². The zero-order valence-electron chi connectivity index (χ0n) is 8.06. The molecular formula is C11H13O3-. The van der Waals surface area contributed by atoms with Gasteiger partial charge < -0.3 is 15.0 Å². The molecule has 76 valence electrons. The lowest BCUT2D eigenvalue weighted by Crippen LogP contribution is -2.22. The van der Waals surface area contributed by atoms with Crippen LogP contribution in [0.2, 0.25) is 0 Å². The maximum Gasteiger partial charge on any atom is 0.0793 e. The summed E-state index contributed by atoms with van der Waals surface area (Å²) in [4.78, 5) is 10.2. The molecule has 1 aromatic carbocycles. The molecule has 0 bridgehead atoms. The van der Waals surface area contributed by atoms with Crippen molar-refractivity contribution < 1.29 is 15.0 Å². The van der Waals surface area contributed by atoms with E-state index < -0.39 is 12.1 Å². The van der Waals surface area contributed by atoms with Crippen molar-refractivity contribution >= 4 is 5.97 Å². The highest BCUT2D eigenvalue weighted by Crippen LogP contribution is 2.18. The standard InChI is InChI=1S/C11H14O3/c1-8-2-4-9(5-3-8)10(12)6-7-11(13)14/h2-5,10,12H,6-7H2,1H3,(H,13,14)/p-1/t10-/m1/s1. The predicted octanol–water partition coefficient (Wildman–Crippen LogP) is 0.559. The fourth-order valence-corrected chi connectivity index (χ4v) is 1.21. The van der Waals surface area contributed by atoms with Crippen LogP contribution >= 0.6 is 0 Å². The lowest BCUT2D eigenvalue weighted by molar-refractivity contribution is -0.306. The summed E-state index contributed by atoms with van der Waals surface area (Å²) >= 11 is 0. The smallest absolute Gasteiger partial charge is 0.0793 e. The van der Waals surface area contributed by atoms with Crippen LogP contribution in [-0.2, 0) is 4.79 Å². The summed E-state index contributed by atoms with van der Waals surface area (Å²) in [6, 6.07) is 7.37. The van der Waals surface area contributed by atoms with Crippen LogP contribution in [0.25, 0.3) is 0 Å². The number of benzene rings is 1. The molecule has 0 unspecified atom stereocenters. The third-order valence-electron chi connectivity index (χ3n) is 2.08.